The molecule has 1 heterocycles. The number of hydrogen-bond acceptors (Lipinski definition) is 6. The molecule has 0 radical (unpaired) electrons. The molecule has 0 fully saturated rings. The van der Waals surface area contributed by atoms with Crippen molar-refractivity contribution in [2.45, 2.75) is 19.4 Å². The maximum atomic E-state index is 11.9. The van der Waals surface area contributed by atoms with E-state index in [1.165, 1.54) is 0 Å². The number of aryl methyl sites for hydroxylation is 1. The van der Waals surface area contributed by atoms with E-state index in [1.54, 1.807) is 0 Å². The highest BCUT2D eigenvalue weighted by molar-refractivity contribution is 5.80. The Morgan fingerprint density at radius 1 is 1.11 bits per heavy atom. The van der Waals surface area contributed by atoms with Gasteiger partial charge in [-0.05, 0) is 29.8 Å². The average Bonchev–Trinajstić information content (AvgIpc) is 3.12. The molecule has 0 unspecified atom stereocenters. The summed E-state index contributed by atoms with van der Waals surface area (Å²) < 4.78 is 10.6. The number of carbonyl (C=O) groups excluding carboxylic acids is 2. The molecule has 0 saturated heterocycles. The van der Waals surface area contributed by atoms with Crippen molar-refractivity contribution in [3.8, 4) is 0 Å². The molecule has 0 bridgehead atoms. The summed E-state index contributed by atoms with van der Waals surface area (Å²) in [5, 5.41) is 2.73. The molecule has 1 amide bonds. The van der Waals surface area contributed by atoms with E-state index in [-0.39, 0.29) is 18.9 Å². The molecular weight excluding hydrogens is 358 g/mol. The molecule has 0 aliphatic rings. The van der Waals surface area contributed by atoms with E-state index >= 15 is 0 Å². The fourth-order valence-corrected chi connectivity index (χ4v) is 2.62. The number of oxazole rings is 1. The lowest BCUT2D eigenvalue weighted by Crippen LogP contribution is -2.28. The van der Waals surface area contributed by atoms with Gasteiger partial charge in [-0.25, -0.2) is 4.98 Å². The van der Waals surface area contributed by atoms with Crippen LogP contribution in [0.5, 0.6) is 0 Å². The monoisotopic (exact) mass is 381 g/mol. The number of fused-ring (bicyclic) bond motifs is 1. The summed E-state index contributed by atoms with van der Waals surface area (Å²) in [5.41, 5.74) is 3.50. The predicted octanol–water partition coefficient (Wildman–Crippen LogP) is 2.69. The first-order valence-electron chi connectivity index (χ1n) is 9.04. The minimum atomic E-state index is -0.465. The number of para-hydroxylation sites is 2. The Hall–Kier alpha value is -3.35. The van der Waals surface area contributed by atoms with Crippen molar-refractivity contribution >= 4 is 28.7 Å². The van der Waals surface area contributed by atoms with Gasteiger partial charge in [0.1, 0.15) is 5.52 Å². The van der Waals surface area contributed by atoms with Crippen molar-refractivity contribution in [3.05, 3.63) is 60.0 Å². The Bertz CT molecular complexity index is 915. The number of rotatable bonds is 8. The molecule has 28 heavy (non-hydrogen) atoms. The molecule has 146 valence electrons. The molecule has 3 aromatic rings. The quantitative estimate of drug-likeness (QED) is 0.604. The highest BCUT2D eigenvalue weighted by atomic mass is 16.5. The highest BCUT2D eigenvalue weighted by Gasteiger charge is 2.11. The van der Waals surface area contributed by atoms with E-state index in [0.717, 1.165) is 16.8 Å². The maximum Gasteiger partial charge on any atom is 0.306 e. The van der Waals surface area contributed by atoms with Crippen molar-refractivity contribution < 1.29 is 18.7 Å². The number of aromatic nitrogens is 1. The van der Waals surface area contributed by atoms with Crippen LogP contribution in [0.4, 0.5) is 5.69 Å². The van der Waals surface area contributed by atoms with Gasteiger partial charge in [0.15, 0.2) is 18.1 Å². The first kappa shape index (κ1) is 19.4. The molecule has 0 spiro atoms. The number of nitrogens with one attached hydrogen (secondary N) is 1. The van der Waals surface area contributed by atoms with Gasteiger partial charge in [-0.15, -0.1) is 0 Å². The molecule has 0 atom stereocenters. The standard InChI is InChI=1S/C21H23N3O4/c1-24(2)16-9-7-15(8-10-16)13-22-19(25)14-27-21(26)12-11-20-23-17-5-3-4-6-18(17)28-20/h3-10H,11-14H2,1-2H3,(H,22,25). The first-order valence-corrected chi connectivity index (χ1v) is 9.04. The molecule has 3 rings (SSSR count). The predicted molar refractivity (Wildman–Crippen MR) is 106 cm³/mol. The van der Waals surface area contributed by atoms with Crippen molar-refractivity contribution in [2.75, 3.05) is 25.6 Å². The SMILES string of the molecule is CN(C)c1ccc(CNC(=O)COC(=O)CCc2nc3ccccc3o2)cc1. The van der Waals surface area contributed by atoms with Gasteiger partial charge in [-0.3, -0.25) is 9.59 Å². The van der Waals surface area contributed by atoms with Crippen LogP contribution in [0, 0.1) is 0 Å². The third-order valence-corrected chi connectivity index (χ3v) is 4.19. The Labute approximate surface area is 163 Å². The van der Waals surface area contributed by atoms with E-state index in [0.29, 0.717) is 24.4 Å². The number of carbonyl (C=O) groups is 2. The smallest absolute Gasteiger partial charge is 0.306 e. The molecule has 7 heteroatoms. The number of hydrogen-bond donors (Lipinski definition) is 1. The van der Waals surface area contributed by atoms with Gasteiger partial charge >= 0.3 is 5.97 Å². The van der Waals surface area contributed by atoms with Gasteiger partial charge in [0.2, 0.25) is 0 Å². The lowest BCUT2D eigenvalue weighted by molar-refractivity contribution is -0.148. The summed E-state index contributed by atoms with van der Waals surface area (Å²) >= 11 is 0. The second kappa shape index (κ2) is 9.03. The van der Waals surface area contributed by atoms with Gasteiger partial charge in [-0.1, -0.05) is 24.3 Å². The minimum absolute atomic E-state index is 0.103. The zero-order chi connectivity index (χ0) is 19.9. The maximum absolute atomic E-state index is 11.9. The number of nitrogens with zero attached hydrogens (tertiary/aromatic N) is 2. The molecule has 0 aliphatic carbocycles. The third-order valence-electron chi connectivity index (χ3n) is 4.19. The number of ether oxygens (including phenoxy) is 1. The number of esters is 1. The van der Waals surface area contributed by atoms with Gasteiger partial charge in [0.25, 0.3) is 5.91 Å². The van der Waals surface area contributed by atoms with Crippen molar-refractivity contribution in [3.63, 3.8) is 0 Å². The van der Waals surface area contributed by atoms with Gasteiger partial charge in [0, 0.05) is 32.7 Å². The van der Waals surface area contributed by atoms with Crippen LogP contribution in [0.15, 0.2) is 52.9 Å². The Morgan fingerprint density at radius 2 is 1.86 bits per heavy atom. The molecule has 2 aromatic carbocycles. The zero-order valence-electron chi connectivity index (χ0n) is 16.0. The normalized spacial score (nSPS) is 10.6. The van der Waals surface area contributed by atoms with E-state index in [1.807, 2.05) is 67.5 Å². The Balaban J connectivity index is 1.37. The number of anilines is 1. The fraction of sp³-hybridized carbons (Fsp3) is 0.286. The molecular formula is C21H23N3O4. The van der Waals surface area contributed by atoms with E-state index in [4.69, 9.17) is 9.15 Å². The second-order valence-corrected chi connectivity index (χ2v) is 6.57. The Morgan fingerprint density at radius 3 is 2.57 bits per heavy atom. The molecule has 0 saturated carbocycles. The summed E-state index contributed by atoms with van der Waals surface area (Å²) in [6.07, 6.45) is 0.430. The van der Waals surface area contributed by atoms with Gasteiger partial charge in [0.05, 0.1) is 6.42 Å². The van der Waals surface area contributed by atoms with Crippen LogP contribution in [-0.4, -0.2) is 37.6 Å². The summed E-state index contributed by atoms with van der Waals surface area (Å²) in [7, 11) is 3.94. The van der Waals surface area contributed by atoms with Crippen LogP contribution in [0.1, 0.15) is 17.9 Å². The summed E-state index contributed by atoms with van der Waals surface area (Å²) in [4.78, 5) is 30.0. The lowest BCUT2D eigenvalue weighted by Gasteiger charge is -2.13. The van der Waals surface area contributed by atoms with Gasteiger partial charge < -0.3 is 19.4 Å². The van der Waals surface area contributed by atoms with Crippen molar-refractivity contribution in [2.24, 2.45) is 0 Å². The lowest BCUT2D eigenvalue weighted by atomic mass is 10.2. The molecule has 1 N–H and O–H groups in total. The number of benzene rings is 2. The van der Waals surface area contributed by atoms with Crippen LogP contribution < -0.4 is 10.2 Å². The first-order chi connectivity index (χ1) is 13.5. The van der Waals surface area contributed by atoms with Crippen LogP contribution in [0.25, 0.3) is 11.1 Å². The topological polar surface area (TPSA) is 84.7 Å². The summed E-state index contributed by atoms with van der Waals surface area (Å²) in [6, 6.07) is 15.3. The summed E-state index contributed by atoms with van der Waals surface area (Å²) in [6.45, 7) is 0.0785. The van der Waals surface area contributed by atoms with E-state index < -0.39 is 5.97 Å². The van der Waals surface area contributed by atoms with E-state index in [2.05, 4.69) is 10.3 Å². The number of amides is 1. The highest BCUT2D eigenvalue weighted by Crippen LogP contribution is 2.16. The van der Waals surface area contributed by atoms with Crippen LogP contribution in [0.3, 0.4) is 0 Å². The molecule has 1 aromatic heterocycles. The Kier molecular flexibility index (Phi) is 6.26. The molecule has 0 aliphatic heterocycles. The fourth-order valence-electron chi connectivity index (χ4n) is 2.62. The second-order valence-electron chi connectivity index (χ2n) is 6.57. The van der Waals surface area contributed by atoms with E-state index in [9.17, 15) is 9.59 Å². The van der Waals surface area contributed by atoms with Crippen LogP contribution in [0.2, 0.25) is 0 Å². The van der Waals surface area contributed by atoms with Crippen LogP contribution in [-0.2, 0) is 27.3 Å². The largest absolute Gasteiger partial charge is 0.456 e. The van der Waals surface area contributed by atoms with Crippen molar-refractivity contribution in [1.29, 1.82) is 0 Å². The minimum Gasteiger partial charge on any atom is -0.456 e. The average molecular weight is 381 g/mol. The molecule has 7 nitrogen and oxygen atoms in total. The van der Waals surface area contributed by atoms with Gasteiger partial charge in [-0.2, -0.15) is 0 Å². The third kappa shape index (κ3) is 5.33. The zero-order valence-corrected chi connectivity index (χ0v) is 16.0. The van der Waals surface area contributed by atoms with Crippen molar-refractivity contribution in [1.82, 2.24) is 10.3 Å². The van der Waals surface area contributed by atoms with Crippen LogP contribution >= 0.6 is 0 Å². The summed E-state index contributed by atoms with van der Waals surface area (Å²) in [5.74, 6) is -0.330.